The SMILES string of the molecule is CCC[C@@H](N)c1cc2cc(Cl)cc(C)c2o1. The van der Waals surface area contributed by atoms with Crippen LogP contribution in [-0.2, 0) is 0 Å². The first kappa shape index (κ1) is 11.5. The molecule has 2 rings (SSSR count). The number of halogens is 1. The molecule has 2 N–H and O–H groups in total. The van der Waals surface area contributed by atoms with E-state index in [1.807, 2.05) is 25.1 Å². The van der Waals surface area contributed by atoms with Crippen LogP contribution in [0.15, 0.2) is 22.6 Å². The van der Waals surface area contributed by atoms with Crippen LogP contribution in [0.25, 0.3) is 11.0 Å². The summed E-state index contributed by atoms with van der Waals surface area (Å²) in [5, 5.41) is 1.77. The summed E-state index contributed by atoms with van der Waals surface area (Å²) >= 11 is 6.00. The van der Waals surface area contributed by atoms with Crippen molar-refractivity contribution in [2.24, 2.45) is 5.73 Å². The molecule has 0 bridgehead atoms. The Morgan fingerprint density at radius 1 is 1.38 bits per heavy atom. The van der Waals surface area contributed by atoms with Crippen LogP contribution in [0.1, 0.15) is 37.1 Å². The third kappa shape index (κ3) is 2.08. The quantitative estimate of drug-likeness (QED) is 0.869. The molecular formula is C13H16ClNO. The number of benzene rings is 1. The van der Waals surface area contributed by atoms with Crippen molar-refractivity contribution in [3.8, 4) is 0 Å². The lowest BCUT2D eigenvalue weighted by molar-refractivity contribution is 0.474. The molecule has 0 saturated carbocycles. The number of aryl methyl sites for hydroxylation is 1. The molecule has 2 aromatic rings. The van der Waals surface area contributed by atoms with E-state index < -0.39 is 0 Å². The van der Waals surface area contributed by atoms with Crippen molar-refractivity contribution < 1.29 is 4.42 Å². The van der Waals surface area contributed by atoms with Crippen LogP contribution in [0, 0.1) is 6.92 Å². The lowest BCUT2D eigenvalue weighted by Gasteiger charge is -2.05. The zero-order chi connectivity index (χ0) is 11.7. The Balaban J connectivity index is 2.47. The van der Waals surface area contributed by atoms with Crippen molar-refractivity contribution in [2.45, 2.75) is 32.7 Å². The predicted molar refractivity (Wildman–Crippen MR) is 67.8 cm³/mol. The van der Waals surface area contributed by atoms with E-state index in [4.69, 9.17) is 21.8 Å². The standard InChI is InChI=1S/C13H16ClNO/c1-3-4-11(15)12-7-9-6-10(14)5-8(2)13(9)16-12/h5-7,11H,3-4,15H2,1-2H3/t11-/m1/s1. The Morgan fingerprint density at radius 2 is 2.12 bits per heavy atom. The highest BCUT2D eigenvalue weighted by Gasteiger charge is 2.12. The van der Waals surface area contributed by atoms with E-state index >= 15 is 0 Å². The van der Waals surface area contributed by atoms with Crippen molar-refractivity contribution >= 4 is 22.6 Å². The average Bonchev–Trinajstić information content (AvgIpc) is 2.62. The van der Waals surface area contributed by atoms with Crippen LogP contribution in [0.5, 0.6) is 0 Å². The van der Waals surface area contributed by atoms with Gasteiger partial charge in [0.1, 0.15) is 11.3 Å². The van der Waals surface area contributed by atoms with Gasteiger partial charge in [0.2, 0.25) is 0 Å². The highest BCUT2D eigenvalue weighted by atomic mass is 35.5. The average molecular weight is 238 g/mol. The monoisotopic (exact) mass is 237 g/mol. The molecule has 1 atom stereocenters. The number of fused-ring (bicyclic) bond motifs is 1. The van der Waals surface area contributed by atoms with Crippen LogP contribution in [0.4, 0.5) is 0 Å². The molecule has 0 aliphatic rings. The van der Waals surface area contributed by atoms with Crippen LogP contribution in [0.2, 0.25) is 5.02 Å². The largest absolute Gasteiger partial charge is 0.459 e. The minimum atomic E-state index is -0.0180. The van der Waals surface area contributed by atoms with Gasteiger partial charge in [-0.2, -0.15) is 0 Å². The third-order valence-corrected chi connectivity index (χ3v) is 2.97. The minimum absolute atomic E-state index is 0.0180. The molecule has 1 heterocycles. The second-order valence-electron chi connectivity index (χ2n) is 4.18. The zero-order valence-corrected chi connectivity index (χ0v) is 10.3. The van der Waals surface area contributed by atoms with Crippen molar-refractivity contribution in [1.82, 2.24) is 0 Å². The summed E-state index contributed by atoms with van der Waals surface area (Å²) < 4.78 is 5.78. The molecule has 0 aliphatic heterocycles. The van der Waals surface area contributed by atoms with Gasteiger partial charge >= 0.3 is 0 Å². The molecule has 2 nitrogen and oxygen atoms in total. The smallest absolute Gasteiger partial charge is 0.137 e. The number of rotatable bonds is 3. The molecule has 1 aromatic carbocycles. The first-order chi connectivity index (χ1) is 7.61. The normalized spacial score (nSPS) is 13.2. The molecule has 0 amide bonds. The van der Waals surface area contributed by atoms with Gasteiger partial charge in [0.15, 0.2) is 0 Å². The Morgan fingerprint density at radius 3 is 2.81 bits per heavy atom. The molecule has 0 unspecified atom stereocenters. The fraction of sp³-hybridized carbons (Fsp3) is 0.385. The number of furan rings is 1. The molecule has 0 radical (unpaired) electrons. The maximum Gasteiger partial charge on any atom is 0.137 e. The first-order valence-electron chi connectivity index (χ1n) is 5.57. The highest BCUT2D eigenvalue weighted by molar-refractivity contribution is 6.31. The van der Waals surface area contributed by atoms with Crippen LogP contribution >= 0.6 is 11.6 Å². The van der Waals surface area contributed by atoms with Crippen molar-refractivity contribution in [3.63, 3.8) is 0 Å². The number of hydrogen-bond acceptors (Lipinski definition) is 2. The van der Waals surface area contributed by atoms with Gasteiger partial charge in [-0.15, -0.1) is 0 Å². The van der Waals surface area contributed by atoms with Gasteiger partial charge in [-0.1, -0.05) is 24.9 Å². The summed E-state index contributed by atoms with van der Waals surface area (Å²) in [5.74, 6) is 0.849. The lowest BCUT2D eigenvalue weighted by atomic mass is 10.1. The van der Waals surface area contributed by atoms with Gasteiger partial charge < -0.3 is 10.2 Å². The molecule has 0 fully saturated rings. The molecule has 86 valence electrons. The Bertz CT molecular complexity index is 504. The maximum absolute atomic E-state index is 6.03. The summed E-state index contributed by atoms with van der Waals surface area (Å²) in [6, 6.07) is 5.79. The summed E-state index contributed by atoms with van der Waals surface area (Å²) in [6.07, 6.45) is 1.99. The molecule has 0 aliphatic carbocycles. The van der Waals surface area contributed by atoms with Gasteiger partial charge in [-0.3, -0.25) is 0 Å². The fourth-order valence-corrected chi connectivity index (χ4v) is 2.22. The van der Waals surface area contributed by atoms with Crippen LogP contribution in [-0.4, -0.2) is 0 Å². The Kier molecular flexibility index (Phi) is 3.22. The summed E-state index contributed by atoms with van der Waals surface area (Å²) in [4.78, 5) is 0. The zero-order valence-electron chi connectivity index (χ0n) is 9.59. The van der Waals surface area contributed by atoms with E-state index in [9.17, 15) is 0 Å². The fourth-order valence-electron chi connectivity index (χ4n) is 1.94. The van der Waals surface area contributed by atoms with E-state index in [1.54, 1.807) is 0 Å². The van der Waals surface area contributed by atoms with Crippen molar-refractivity contribution in [1.29, 1.82) is 0 Å². The van der Waals surface area contributed by atoms with Crippen molar-refractivity contribution in [3.05, 3.63) is 34.5 Å². The molecule has 0 spiro atoms. The summed E-state index contributed by atoms with van der Waals surface area (Å²) in [7, 11) is 0. The number of hydrogen-bond donors (Lipinski definition) is 1. The Hall–Kier alpha value is -0.990. The second kappa shape index (κ2) is 4.48. The summed E-state index contributed by atoms with van der Waals surface area (Å²) in [5.41, 5.74) is 7.98. The molecule has 3 heteroatoms. The lowest BCUT2D eigenvalue weighted by Crippen LogP contribution is -2.08. The van der Waals surface area contributed by atoms with Gasteiger partial charge in [0.05, 0.1) is 6.04 Å². The maximum atomic E-state index is 6.03. The van der Waals surface area contributed by atoms with E-state index in [2.05, 4.69) is 6.92 Å². The van der Waals surface area contributed by atoms with Gasteiger partial charge in [0.25, 0.3) is 0 Å². The molecule has 0 saturated heterocycles. The molecule has 16 heavy (non-hydrogen) atoms. The first-order valence-corrected chi connectivity index (χ1v) is 5.94. The third-order valence-electron chi connectivity index (χ3n) is 2.75. The Labute approximate surface area is 100 Å². The summed E-state index contributed by atoms with van der Waals surface area (Å²) in [6.45, 7) is 4.11. The van der Waals surface area contributed by atoms with Crippen LogP contribution < -0.4 is 5.73 Å². The van der Waals surface area contributed by atoms with E-state index in [1.165, 1.54) is 0 Å². The molecular weight excluding hydrogens is 222 g/mol. The van der Waals surface area contributed by atoms with E-state index in [0.29, 0.717) is 0 Å². The van der Waals surface area contributed by atoms with Crippen LogP contribution in [0.3, 0.4) is 0 Å². The van der Waals surface area contributed by atoms with E-state index in [-0.39, 0.29) is 6.04 Å². The van der Waals surface area contributed by atoms with Gasteiger partial charge in [-0.25, -0.2) is 0 Å². The second-order valence-corrected chi connectivity index (χ2v) is 4.62. The van der Waals surface area contributed by atoms with E-state index in [0.717, 1.165) is 40.2 Å². The number of nitrogens with two attached hydrogens (primary N) is 1. The highest BCUT2D eigenvalue weighted by Crippen LogP contribution is 2.29. The minimum Gasteiger partial charge on any atom is -0.459 e. The van der Waals surface area contributed by atoms with Gasteiger partial charge in [0, 0.05) is 10.4 Å². The predicted octanol–water partition coefficient (Wildman–Crippen LogP) is 4.19. The molecule has 1 aromatic heterocycles. The van der Waals surface area contributed by atoms with Gasteiger partial charge in [-0.05, 0) is 37.1 Å². The topological polar surface area (TPSA) is 39.2 Å². The van der Waals surface area contributed by atoms with Crippen molar-refractivity contribution in [2.75, 3.05) is 0 Å².